The van der Waals surface area contributed by atoms with Gasteiger partial charge in [-0.25, -0.2) is 0 Å². The van der Waals surface area contributed by atoms with Crippen molar-refractivity contribution < 1.29 is 9.94 Å². The first kappa shape index (κ1) is 11.6. The Labute approximate surface area is 96.4 Å². The van der Waals surface area contributed by atoms with Gasteiger partial charge in [0.2, 0.25) is 0 Å². The van der Waals surface area contributed by atoms with Crippen LogP contribution in [0.3, 0.4) is 0 Å². The van der Waals surface area contributed by atoms with Gasteiger partial charge in [-0.15, -0.1) is 0 Å². The molecular formula is C13H19NO2. The Morgan fingerprint density at radius 2 is 1.88 bits per heavy atom. The van der Waals surface area contributed by atoms with Crippen molar-refractivity contribution in [1.29, 1.82) is 0 Å². The number of benzene rings is 1. The molecule has 1 aliphatic rings. The lowest BCUT2D eigenvalue weighted by atomic mass is 10.0. The molecule has 1 aromatic carbocycles. The van der Waals surface area contributed by atoms with E-state index in [1.54, 1.807) is 0 Å². The van der Waals surface area contributed by atoms with Crippen molar-refractivity contribution in [3.63, 3.8) is 0 Å². The molecule has 3 heteroatoms. The zero-order valence-electron chi connectivity index (χ0n) is 9.48. The van der Waals surface area contributed by atoms with Crippen molar-refractivity contribution in [1.82, 2.24) is 5.48 Å². The summed E-state index contributed by atoms with van der Waals surface area (Å²) in [4.78, 5) is 5.34. The molecular weight excluding hydrogens is 202 g/mol. The number of hydroxylamine groups is 1. The highest BCUT2D eigenvalue weighted by Crippen LogP contribution is 2.28. The fourth-order valence-corrected chi connectivity index (χ4v) is 2.10. The second-order valence-electron chi connectivity index (χ2n) is 4.53. The number of hydrogen-bond donors (Lipinski definition) is 2. The summed E-state index contributed by atoms with van der Waals surface area (Å²) in [5, 5.41) is 10.0. The first-order valence-corrected chi connectivity index (χ1v) is 5.89. The van der Waals surface area contributed by atoms with Crippen molar-refractivity contribution in [2.45, 2.75) is 37.9 Å². The fourth-order valence-electron chi connectivity index (χ4n) is 2.10. The van der Waals surface area contributed by atoms with Crippen LogP contribution in [0, 0.1) is 0 Å². The van der Waals surface area contributed by atoms with E-state index in [4.69, 9.17) is 4.84 Å². The Balaban J connectivity index is 1.65. The monoisotopic (exact) mass is 221 g/mol. The maximum absolute atomic E-state index is 10.0. The standard InChI is InChI=1S/C13H19NO2/c15-13(8-4-5-9-13)11-14-16-10-12-6-2-1-3-7-12/h1-3,6-7,14-15H,4-5,8-11H2. The van der Waals surface area contributed by atoms with Crippen LogP contribution in [0.2, 0.25) is 0 Å². The number of aliphatic hydroxyl groups is 1. The van der Waals surface area contributed by atoms with Crippen molar-refractivity contribution in [2.24, 2.45) is 0 Å². The van der Waals surface area contributed by atoms with E-state index in [2.05, 4.69) is 5.48 Å². The largest absolute Gasteiger partial charge is 0.388 e. The van der Waals surface area contributed by atoms with E-state index in [1.165, 1.54) is 0 Å². The van der Waals surface area contributed by atoms with Gasteiger partial charge in [0, 0.05) is 6.54 Å². The first-order chi connectivity index (χ1) is 7.79. The van der Waals surface area contributed by atoms with E-state index in [-0.39, 0.29) is 0 Å². The molecule has 2 rings (SSSR count). The number of rotatable bonds is 5. The molecule has 0 heterocycles. The van der Waals surface area contributed by atoms with Crippen molar-refractivity contribution in [3.8, 4) is 0 Å². The Morgan fingerprint density at radius 1 is 1.19 bits per heavy atom. The Morgan fingerprint density at radius 3 is 2.56 bits per heavy atom. The SMILES string of the molecule is OC1(CNOCc2ccccc2)CCCC1. The first-order valence-electron chi connectivity index (χ1n) is 5.89. The molecule has 0 spiro atoms. The lowest BCUT2D eigenvalue weighted by Gasteiger charge is -2.21. The third-order valence-electron chi connectivity index (χ3n) is 3.12. The van der Waals surface area contributed by atoms with Gasteiger partial charge >= 0.3 is 0 Å². The van der Waals surface area contributed by atoms with Crippen LogP contribution in [0.5, 0.6) is 0 Å². The smallest absolute Gasteiger partial charge is 0.0933 e. The number of hydrogen-bond acceptors (Lipinski definition) is 3. The molecule has 1 fully saturated rings. The Hall–Kier alpha value is -0.900. The van der Waals surface area contributed by atoms with Gasteiger partial charge in [0.1, 0.15) is 0 Å². The highest BCUT2D eigenvalue weighted by atomic mass is 16.6. The van der Waals surface area contributed by atoms with Crippen LogP contribution in [0.15, 0.2) is 30.3 Å². The summed E-state index contributed by atoms with van der Waals surface area (Å²) in [5.41, 5.74) is 3.45. The van der Waals surface area contributed by atoms with Crippen LogP contribution in [-0.4, -0.2) is 17.3 Å². The van der Waals surface area contributed by atoms with Gasteiger partial charge in [0.15, 0.2) is 0 Å². The minimum Gasteiger partial charge on any atom is -0.388 e. The van der Waals surface area contributed by atoms with Gasteiger partial charge in [-0.2, -0.15) is 5.48 Å². The van der Waals surface area contributed by atoms with Gasteiger partial charge in [0.25, 0.3) is 0 Å². The molecule has 0 atom stereocenters. The molecule has 0 bridgehead atoms. The maximum Gasteiger partial charge on any atom is 0.0933 e. The van der Waals surface area contributed by atoms with Crippen molar-refractivity contribution in [2.75, 3.05) is 6.54 Å². The Kier molecular flexibility index (Phi) is 3.93. The second-order valence-corrected chi connectivity index (χ2v) is 4.53. The quantitative estimate of drug-likeness (QED) is 0.590. The minimum atomic E-state index is -0.545. The Bertz CT molecular complexity index is 307. The summed E-state index contributed by atoms with van der Waals surface area (Å²) in [5.74, 6) is 0. The molecule has 2 N–H and O–H groups in total. The summed E-state index contributed by atoms with van der Waals surface area (Å²) in [7, 11) is 0. The minimum absolute atomic E-state index is 0.528. The van der Waals surface area contributed by atoms with Gasteiger partial charge in [-0.05, 0) is 18.4 Å². The molecule has 0 amide bonds. The van der Waals surface area contributed by atoms with E-state index in [1.807, 2.05) is 30.3 Å². The van der Waals surface area contributed by atoms with E-state index in [0.717, 1.165) is 31.2 Å². The van der Waals surface area contributed by atoms with Crippen molar-refractivity contribution in [3.05, 3.63) is 35.9 Å². The summed E-state index contributed by atoms with van der Waals surface area (Å²) in [6.45, 7) is 1.07. The molecule has 0 radical (unpaired) electrons. The van der Waals surface area contributed by atoms with Crippen LogP contribution in [0.1, 0.15) is 31.2 Å². The van der Waals surface area contributed by atoms with Crippen molar-refractivity contribution >= 4 is 0 Å². The second kappa shape index (κ2) is 5.43. The normalized spacial score (nSPS) is 18.8. The maximum atomic E-state index is 10.0. The molecule has 1 saturated carbocycles. The average molecular weight is 221 g/mol. The molecule has 3 nitrogen and oxygen atoms in total. The number of nitrogens with one attached hydrogen (secondary N) is 1. The van der Waals surface area contributed by atoms with Gasteiger partial charge in [-0.3, -0.25) is 4.84 Å². The van der Waals surface area contributed by atoms with Gasteiger partial charge in [-0.1, -0.05) is 43.2 Å². The summed E-state index contributed by atoms with van der Waals surface area (Å²) < 4.78 is 0. The van der Waals surface area contributed by atoms with E-state index < -0.39 is 5.60 Å². The molecule has 16 heavy (non-hydrogen) atoms. The molecule has 88 valence electrons. The lowest BCUT2D eigenvalue weighted by molar-refractivity contribution is -0.0358. The van der Waals surface area contributed by atoms with E-state index in [0.29, 0.717) is 13.2 Å². The summed E-state index contributed by atoms with van der Waals surface area (Å²) in [6, 6.07) is 10.0. The molecule has 0 unspecified atom stereocenters. The van der Waals surface area contributed by atoms with Crippen LogP contribution in [-0.2, 0) is 11.4 Å². The highest BCUT2D eigenvalue weighted by molar-refractivity contribution is 5.13. The average Bonchev–Trinajstić information content (AvgIpc) is 2.74. The van der Waals surface area contributed by atoms with Gasteiger partial charge in [0.05, 0.1) is 12.2 Å². The summed E-state index contributed by atoms with van der Waals surface area (Å²) >= 11 is 0. The molecule has 1 aliphatic carbocycles. The predicted octanol–water partition coefficient (Wildman–Crippen LogP) is 2.01. The third-order valence-corrected chi connectivity index (χ3v) is 3.12. The van der Waals surface area contributed by atoms with Crippen LogP contribution in [0.25, 0.3) is 0 Å². The summed E-state index contributed by atoms with van der Waals surface area (Å²) in [6.07, 6.45) is 4.01. The zero-order chi connectivity index (χ0) is 11.3. The third kappa shape index (κ3) is 3.30. The lowest BCUT2D eigenvalue weighted by Crippen LogP contribution is -2.37. The topological polar surface area (TPSA) is 41.5 Å². The predicted molar refractivity (Wildman–Crippen MR) is 62.7 cm³/mol. The molecule has 1 aromatic rings. The van der Waals surface area contributed by atoms with Crippen LogP contribution in [0.4, 0.5) is 0 Å². The molecule has 0 saturated heterocycles. The van der Waals surface area contributed by atoms with E-state index >= 15 is 0 Å². The van der Waals surface area contributed by atoms with Crippen LogP contribution >= 0.6 is 0 Å². The highest BCUT2D eigenvalue weighted by Gasteiger charge is 2.30. The molecule has 0 aromatic heterocycles. The molecule has 0 aliphatic heterocycles. The van der Waals surface area contributed by atoms with Gasteiger partial charge < -0.3 is 5.11 Å². The zero-order valence-corrected chi connectivity index (χ0v) is 9.48. The fraction of sp³-hybridized carbons (Fsp3) is 0.538. The van der Waals surface area contributed by atoms with Crippen LogP contribution < -0.4 is 5.48 Å². The van der Waals surface area contributed by atoms with E-state index in [9.17, 15) is 5.11 Å².